The molecule has 0 aliphatic rings. The van der Waals surface area contributed by atoms with E-state index in [1.807, 2.05) is 18.2 Å². The molecule has 0 unspecified atom stereocenters. The molecule has 0 aliphatic heterocycles. The number of amides is 1. The number of hydrogen-bond acceptors (Lipinski definition) is 6. The molecule has 0 fully saturated rings. The van der Waals surface area contributed by atoms with Crippen LogP contribution < -0.4 is 15.7 Å². The number of aromatic nitrogens is 2. The number of benzene rings is 3. The number of ether oxygens (including phenoxy) is 1. The third kappa shape index (κ3) is 5.24. The van der Waals surface area contributed by atoms with Crippen molar-refractivity contribution in [2.24, 2.45) is 5.10 Å². The second-order valence-electron chi connectivity index (χ2n) is 6.85. The van der Waals surface area contributed by atoms with Crippen molar-refractivity contribution in [1.82, 2.24) is 15.0 Å². The average Bonchev–Trinajstić information content (AvgIpc) is 2.84. The highest BCUT2D eigenvalue weighted by atomic mass is 35.5. The molecule has 0 atom stereocenters. The highest BCUT2D eigenvalue weighted by Crippen LogP contribution is 2.22. The topological polar surface area (TPSA) is 85.6 Å². The van der Waals surface area contributed by atoms with Crippen LogP contribution in [-0.4, -0.2) is 34.5 Å². The van der Waals surface area contributed by atoms with E-state index in [1.165, 1.54) is 10.8 Å². The molecule has 0 saturated heterocycles. The fourth-order valence-corrected chi connectivity index (χ4v) is 4.07. The Balaban J connectivity index is 1.58. The van der Waals surface area contributed by atoms with Gasteiger partial charge in [0.15, 0.2) is 5.16 Å². The second-order valence-corrected chi connectivity index (χ2v) is 8.20. The van der Waals surface area contributed by atoms with Gasteiger partial charge >= 0.3 is 0 Å². The Kier molecular flexibility index (Phi) is 7.07. The van der Waals surface area contributed by atoms with Gasteiger partial charge < -0.3 is 4.74 Å². The summed E-state index contributed by atoms with van der Waals surface area (Å²) in [6.45, 7) is 0. The number of fused-ring (bicyclic) bond motifs is 1. The number of carbonyl (C=O) groups is 1. The molecule has 3 aromatic carbocycles. The Morgan fingerprint density at radius 3 is 2.61 bits per heavy atom. The van der Waals surface area contributed by atoms with Gasteiger partial charge in [-0.1, -0.05) is 53.7 Å². The summed E-state index contributed by atoms with van der Waals surface area (Å²) in [4.78, 5) is 30.2. The molecule has 1 N–H and O–H groups in total. The monoisotopic (exact) mass is 478 g/mol. The van der Waals surface area contributed by atoms with Crippen molar-refractivity contribution >= 4 is 46.4 Å². The van der Waals surface area contributed by atoms with Crippen LogP contribution in [0.15, 0.2) is 87.8 Å². The van der Waals surface area contributed by atoms with Crippen molar-refractivity contribution in [3.8, 4) is 11.4 Å². The first-order chi connectivity index (χ1) is 16.1. The third-order valence-electron chi connectivity index (χ3n) is 4.71. The summed E-state index contributed by atoms with van der Waals surface area (Å²) < 4.78 is 6.70. The van der Waals surface area contributed by atoms with Crippen LogP contribution in [0.1, 0.15) is 5.56 Å². The first-order valence-electron chi connectivity index (χ1n) is 9.92. The van der Waals surface area contributed by atoms with Crippen LogP contribution in [0.5, 0.6) is 5.75 Å². The minimum absolute atomic E-state index is 0.0147. The number of hydrazone groups is 1. The number of para-hydroxylation sites is 1. The quantitative estimate of drug-likeness (QED) is 0.185. The van der Waals surface area contributed by atoms with Crippen molar-refractivity contribution < 1.29 is 9.53 Å². The van der Waals surface area contributed by atoms with Crippen molar-refractivity contribution in [3.63, 3.8) is 0 Å². The van der Waals surface area contributed by atoms with Crippen molar-refractivity contribution in [2.75, 3.05) is 12.9 Å². The summed E-state index contributed by atoms with van der Waals surface area (Å²) in [7, 11) is 1.58. The van der Waals surface area contributed by atoms with Gasteiger partial charge in [0.1, 0.15) is 5.75 Å². The molecular formula is C24H19ClN4O3S. The standard InChI is InChI=1S/C24H19ClN4O3S/c1-32-18-12-10-17(11-13-18)29-23(31)19-7-3-5-9-21(19)27-24(29)33-15-22(30)28-26-14-16-6-2-4-8-20(16)25/h2-14H,15H2,1H3,(H,28,30)/b26-14+. The van der Waals surface area contributed by atoms with Gasteiger partial charge in [-0.2, -0.15) is 5.10 Å². The number of thioether (sulfide) groups is 1. The van der Waals surface area contributed by atoms with E-state index in [2.05, 4.69) is 15.5 Å². The summed E-state index contributed by atoms with van der Waals surface area (Å²) in [6.07, 6.45) is 1.48. The number of methoxy groups -OCH3 is 1. The lowest BCUT2D eigenvalue weighted by molar-refractivity contribution is -0.118. The van der Waals surface area contributed by atoms with Crippen LogP contribution in [0.25, 0.3) is 16.6 Å². The maximum absolute atomic E-state index is 13.3. The van der Waals surface area contributed by atoms with Crippen LogP contribution >= 0.6 is 23.4 Å². The normalized spacial score (nSPS) is 11.1. The molecule has 166 valence electrons. The molecule has 33 heavy (non-hydrogen) atoms. The summed E-state index contributed by atoms with van der Waals surface area (Å²) in [5.74, 6) is 0.346. The van der Waals surface area contributed by atoms with Crippen LogP contribution in [0.4, 0.5) is 0 Å². The molecule has 4 rings (SSSR count). The number of hydrogen-bond donors (Lipinski definition) is 1. The first-order valence-corrected chi connectivity index (χ1v) is 11.3. The molecule has 0 saturated carbocycles. The first kappa shape index (κ1) is 22.6. The second kappa shape index (κ2) is 10.3. The van der Waals surface area contributed by atoms with Gasteiger partial charge in [0.25, 0.3) is 11.5 Å². The highest BCUT2D eigenvalue weighted by molar-refractivity contribution is 7.99. The van der Waals surface area contributed by atoms with E-state index in [0.29, 0.717) is 38.1 Å². The molecule has 7 nitrogen and oxygen atoms in total. The number of nitrogens with zero attached hydrogens (tertiary/aromatic N) is 3. The van der Waals surface area contributed by atoms with Crippen LogP contribution in [-0.2, 0) is 4.79 Å². The van der Waals surface area contributed by atoms with Crippen LogP contribution in [0.2, 0.25) is 5.02 Å². The summed E-state index contributed by atoms with van der Waals surface area (Å²) >= 11 is 7.23. The Morgan fingerprint density at radius 1 is 1.12 bits per heavy atom. The predicted molar refractivity (Wildman–Crippen MR) is 132 cm³/mol. The minimum atomic E-state index is -0.341. The van der Waals surface area contributed by atoms with E-state index < -0.39 is 0 Å². The fourth-order valence-electron chi connectivity index (χ4n) is 3.08. The number of nitrogens with one attached hydrogen (secondary N) is 1. The zero-order chi connectivity index (χ0) is 23.2. The van der Waals surface area contributed by atoms with Crippen molar-refractivity contribution in [1.29, 1.82) is 0 Å². The fraction of sp³-hybridized carbons (Fsp3) is 0.0833. The average molecular weight is 479 g/mol. The van der Waals surface area contributed by atoms with E-state index in [0.717, 1.165) is 11.8 Å². The van der Waals surface area contributed by atoms with Gasteiger partial charge in [0.05, 0.1) is 35.7 Å². The van der Waals surface area contributed by atoms with Gasteiger partial charge in [0, 0.05) is 10.6 Å². The minimum Gasteiger partial charge on any atom is -0.497 e. The largest absolute Gasteiger partial charge is 0.497 e. The van der Waals surface area contributed by atoms with Gasteiger partial charge in [-0.05, 0) is 42.5 Å². The Labute approximate surface area is 199 Å². The van der Waals surface area contributed by atoms with Crippen molar-refractivity contribution in [3.05, 3.63) is 93.7 Å². The molecule has 1 amide bonds. The van der Waals surface area contributed by atoms with Crippen molar-refractivity contribution in [2.45, 2.75) is 5.16 Å². The smallest absolute Gasteiger partial charge is 0.266 e. The lowest BCUT2D eigenvalue weighted by Gasteiger charge is -2.13. The number of halogens is 1. The maximum atomic E-state index is 13.3. The molecule has 1 heterocycles. The number of carbonyl (C=O) groups excluding carboxylic acids is 1. The number of rotatable bonds is 7. The van der Waals surface area contributed by atoms with Gasteiger partial charge in [0.2, 0.25) is 0 Å². The van der Waals surface area contributed by atoms with Gasteiger partial charge in [-0.25, -0.2) is 10.4 Å². The SMILES string of the molecule is COc1ccc(-n2c(SCC(=O)N/N=C/c3ccccc3Cl)nc3ccccc3c2=O)cc1. The molecule has 0 radical (unpaired) electrons. The zero-order valence-corrected chi connectivity index (χ0v) is 19.1. The summed E-state index contributed by atoms with van der Waals surface area (Å²) in [5, 5.41) is 5.38. The summed E-state index contributed by atoms with van der Waals surface area (Å²) in [6, 6.07) is 21.4. The van der Waals surface area contributed by atoms with E-state index in [1.54, 1.807) is 61.7 Å². The molecule has 0 bridgehead atoms. The zero-order valence-electron chi connectivity index (χ0n) is 17.6. The molecular weight excluding hydrogens is 460 g/mol. The predicted octanol–water partition coefficient (Wildman–Crippen LogP) is 4.29. The molecule has 0 spiro atoms. The summed E-state index contributed by atoms with van der Waals surface area (Å²) in [5.41, 5.74) is 4.13. The lowest BCUT2D eigenvalue weighted by Crippen LogP contribution is -2.24. The van der Waals surface area contributed by atoms with E-state index in [-0.39, 0.29) is 17.2 Å². The highest BCUT2D eigenvalue weighted by Gasteiger charge is 2.15. The van der Waals surface area contributed by atoms with E-state index in [9.17, 15) is 9.59 Å². The lowest BCUT2D eigenvalue weighted by atomic mass is 10.2. The molecule has 0 aliphatic carbocycles. The third-order valence-corrected chi connectivity index (χ3v) is 5.99. The molecule has 9 heteroatoms. The van der Waals surface area contributed by atoms with Crippen LogP contribution in [0.3, 0.4) is 0 Å². The Bertz CT molecular complexity index is 1390. The Hall–Kier alpha value is -3.62. The Morgan fingerprint density at radius 2 is 1.85 bits per heavy atom. The van der Waals surface area contributed by atoms with Crippen LogP contribution in [0, 0.1) is 0 Å². The van der Waals surface area contributed by atoms with E-state index in [4.69, 9.17) is 16.3 Å². The van der Waals surface area contributed by atoms with Gasteiger partial charge in [-0.3, -0.25) is 14.2 Å². The van der Waals surface area contributed by atoms with Gasteiger partial charge in [-0.15, -0.1) is 0 Å². The maximum Gasteiger partial charge on any atom is 0.266 e. The van der Waals surface area contributed by atoms with E-state index >= 15 is 0 Å². The molecule has 1 aromatic heterocycles. The molecule has 4 aromatic rings.